The largest absolute Gasteiger partial charge is 0.113 e. The van der Waals surface area contributed by atoms with Crippen molar-refractivity contribution >= 4 is 32.2 Å². The molecule has 0 unspecified atom stereocenters. The zero-order valence-corrected chi connectivity index (χ0v) is 4.96. The second kappa shape index (κ2) is 3.83. The number of rotatable bonds is 0. The van der Waals surface area contributed by atoms with Crippen LogP contribution in [0.15, 0.2) is 30.3 Å². The summed E-state index contributed by atoms with van der Waals surface area (Å²) in [6.45, 7) is 0. The Balaban J connectivity index is 0.000000490. The van der Waals surface area contributed by atoms with Crippen molar-refractivity contribution in [2.75, 3.05) is 0 Å². The van der Waals surface area contributed by atoms with Gasteiger partial charge in [0.05, 0.1) is 0 Å². The van der Waals surface area contributed by atoms with Gasteiger partial charge in [-0.3, -0.25) is 0 Å². The van der Waals surface area contributed by atoms with E-state index in [1.54, 1.807) is 0 Å². The van der Waals surface area contributed by atoms with Crippen molar-refractivity contribution in [1.29, 1.82) is 0 Å². The zero-order chi connectivity index (χ0) is 5.11. The molecule has 0 aliphatic carbocycles. The SMILES string of the molecule is [B]c1ccccc1.[Li]. The van der Waals surface area contributed by atoms with E-state index in [1.807, 2.05) is 30.3 Å². The van der Waals surface area contributed by atoms with Gasteiger partial charge in [0.1, 0.15) is 7.85 Å². The van der Waals surface area contributed by atoms with Gasteiger partial charge in [0.25, 0.3) is 0 Å². The summed E-state index contributed by atoms with van der Waals surface area (Å²) in [7, 11) is 5.36. The zero-order valence-electron chi connectivity index (χ0n) is 4.96. The number of hydrogen-bond donors (Lipinski definition) is 0. The minimum absolute atomic E-state index is 0. The van der Waals surface area contributed by atoms with Gasteiger partial charge in [-0.2, -0.15) is 0 Å². The van der Waals surface area contributed by atoms with Crippen molar-refractivity contribution in [2.45, 2.75) is 0 Å². The van der Waals surface area contributed by atoms with Crippen LogP contribution in [-0.2, 0) is 0 Å². The van der Waals surface area contributed by atoms with Gasteiger partial charge in [-0.25, -0.2) is 0 Å². The minimum atomic E-state index is 0. The number of benzene rings is 1. The second-order valence-corrected chi connectivity index (χ2v) is 1.41. The average Bonchev–Trinajstić information content (AvgIpc) is 1.69. The molecular weight excluding hydrogens is 89.8 g/mol. The molecule has 1 aromatic carbocycles. The van der Waals surface area contributed by atoms with Gasteiger partial charge >= 0.3 is 0 Å². The molecule has 0 nitrogen and oxygen atoms in total. The smallest absolute Gasteiger partial charge is 0.0967 e. The van der Waals surface area contributed by atoms with Gasteiger partial charge in [-0.15, -0.1) is 0 Å². The Hall–Kier alpha value is -0.118. The maximum absolute atomic E-state index is 5.36. The first-order chi connectivity index (χ1) is 3.39. The van der Waals surface area contributed by atoms with E-state index in [0.717, 1.165) is 5.46 Å². The molecule has 0 N–H and O–H groups in total. The van der Waals surface area contributed by atoms with Crippen molar-refractivity contribution in [2.24, 2.45) is 0 Å². The fourth-order valence-corrected chi connectivity index (χ4v) is 0.453. The summed E-state index contributed by atoms with van der Waals surface area (Å²) in [6.07, 6.45) is 0. The molecule has 0 amide bonds. The molecule has 8 heavy (non-hydrogen) atoms. The standard InChI is InChI=1S/C6H5B.Li/c7-6-4-2-1-3-5-6;/h1-5H;. The molecule has 3 radical (unpaired) electrons. The third-order valence-electron chi connectivity index (χ3n) is 0.800. The van der Waals surface area contributed by atoms with E-state index in [-0.39, 0.29) is 18.9 Å². The van der Waals surface area contributed by atoms with Gasteiger partial charge in [-0.1, -0.05) is 35.8 Å². The van der Waals surface area contributed by atoms with Crippen LogP contribution in [0.2, 0.25) is 0 Å². The van der Waals surface area contributed by atoms with Crippen LogP contribution < -0.4 is 5.46 Å². The molecule has 0 saturated carbocycles. The average molecular weight is 94.9 g/mol. The van der Waals surface area contributed by atoms with Crippen LogP contribution in [0.5, 0.6) is 0 Å². The monoisotopic (exact) mass is 95.1 g/mol. The molecule has 0 aliphatic rings. The normalized spacial score (nSPS) is 7.50. The summed E-state index contributed by atoms with van der Waals surface area (Å²) in [6, 6.07) is 9.49. The first kappa shape index (κ1) is 7.88. The predicted molar refractivity (Wildman–Crippen MR) is 37.6 cm³/mol. The summed E-state index contributed by atoms with van der Waals surface area (Å²) in [5.74, 6) is 0. The van der Waals surface area contributed by atoms with E-state index >= 15 is 0 Å². The van der Waals surface area contributed by atoms with Crippen LogP contribution in [0, 0.1) is 0 Å². The molecule has 33 valence electrons. The summed E-state index contributed by atoms with van der Waals surface area (Å²) in [5, 5.41) is 0. The Labute approximate surface area is 62.9 Å². The quantitative estimate of drug-likeness (QED) is 0.401. The molecule has 0 bridgehead atoms. The first-order valence-electron chi connectivity index (χ1n) is 2.20. The van der Waals surface area contributed by atoms with E-state index < -0.39 is 0 Å². The van der Waals surface area contributed by atoms with Crippen molar-refractivity contribution in [3.8, 4) is 0 Å². The Bertz CT molecular complexity index is 138. The van der Waals surface area contributed by atoms with Gasteiger partial charge in [0, 0.05) is 18.9 Å². The first-order valence-corrected chi connectivity index (χ1v) is 2.20. The van der Waals surface area contributed by atoms with Gasteiger partial charge in [-0.05, 0) is 0 Å². The predicted octanol–water partition coefficient (Wildman–Crippen LogP) is 0.0996. The Morgan fingerprint density at radius 1 is 1.00 bits per heavy atom. The van der Waals surface area contributed by atoms with Crippen LogP contribution >= 0.6 is 0 Å². The summed E-state index contributed by atoms with van der Waals surface area (Å²) in [5.41, 5.74) is 0.822. The molecule has 0 spiro atoms. The molecule has 0 atom stereocenters. The van der Waals surface area contributed by atoms with Crippen molar-refractivity contribution < 1.29 is 0 Å². The Morgan fingerprint density at radius 2 is 1.50 bits per heavy atom. The van der Waals surface area contributed by atoms with E-state index in [1.165, 1.54) is 0 Å². The fraction of sp³-hybridized carbons (Fsp3) is 0. The third kappa shape index (κ3) is 2.26. The molecule has 0 aromatic heterocycles. The number of hydrogen-bond acceptors (Lipinski definition) is 0. The van der Waals surface area contributed by atoms with Crippen LogP contribution in [0.1, 0.15) is 0 Å². The second-order valence-electron chi connectivity index (χ2n) is 1.41. The maximum Gasteiger partial charge on any atom is 0.113 e. The third-order valence-corrected chi connectivity index (χ3v) is 0.800. The molecule has 0 fully saturated rings. The van der Waals surface area contributed by atoms with Crippen LogP contribution in [0.25, 0.3) is 0 Å². The van der Waals surface area contributed by atoms with Crippen LogP contribution in [0.3, 0.4) is 0 Å². The van der Waals surface area contributed by atoms with Gasteiger partial charge in [0.15, 0.2) is 0 Å². The fourth-order valence-electron chi connectivity index (χ4n) is 0.453. The van der Waals surface area contributed by atoms with Crippen molar-refractivity contribution in [1.82, 2.24) is 0 Å². The van der Waals surface area contributed by atoms with E-state index in [0.29, 0.717) is 0 Å². The Kier molecular flexibility index (Phi) is 3.78. The van der Waals surface area contributed by atoms with Crippen molar-refractivity contribution in [3.05, 3.63) is 30.3 Å². The van der Waals surface area contributed by atoms with Gasteiger partial charge < -0.3 is 0 Å². The van der Waals surface area contributed by atoms with Crippen molar-refractivity contribution in [3.63, 3.8) is 0 Å². The molecule has 1 rings (SSSR count). The molecule has 1 aromatic rings. The van der Waals surface area contributed by atoms with Crippen LogP contribution in [0.4, 0.5) is 0 Å². The maximum atomic E-state index is 5.36. The molecule has 0 heterocycles. The molecular formula is C6H5BLi. The molecule has 0 aliphatic heterocycles. The van der Waals surface area contributed by atoms with E-state index in [4.69, 9.17) is 7.85 Å². The molecule has 0 saturated heterocycles. The summed E-state index contributed by atoms with van der Waals surface area (Å²) >= 11 is 0. The summed E-state index contributed by atoms with van der Waals surface area (Å²) < 4.78 is 0. The molecule has 2 heteroatoms. The van der Waals surface area contributed by atoms with Crippen LogP contribution in [-0.4, -0.2) is 26.7 Å². The van der Waals surface area contributed by atoms with E-state index in [9.17, 15) is 0 Å². The minimum Gasteiger partial charge on any atom is -0.0967 e. The topological polar surface area (TPSA) is 0 Å². The van der Waals surface area contributed by atoms with E-state index in [2.05, 4.69) is 0 Å². The Morgan fingerprint density at radius 3 is 1.75 bits per heavy atom. The summed E-state index contributed by atoms with van der Waals surface area (Å²) in [4.78, 5) is 0. The van der Waals surface area contributed by atoms with Gasteiger partial charge in [0.2, 0.25) is 0 Å².